The van der Waals surface area contributed by atoms with Crippen molar-refractivity contribution in [2.45, 2.75) is 39.3 Å². The molecule has 2 amide bonds. The van der Waals surface area contributed by atoms with Gasteiger partial charge in [-0.2, -0.15) is 0 Å². The van der Waals surface area contributed by atoms with Gasteiger partial charge in [0.05, 0.1) is 23.9 Å². The Hall–Kier alpha value is -3.56. The van der Waals surface area contributed by atoms with Crippen LogP contribution in [0.5, 0.6) is 11.5 Å². The van der Waals surface area contributed by atoms with E-state index in [1.807, 2.05) is 6.92 Å². The minimum absolute atomic E-state index is 0.0488. The second kappa shape index (κ2) is 9.13. The van der Waals surface area contributed by atoms with E-state index in [1.54, 1.807) is 28.5 Å². The molecule has 4 rings (SSSR count). The molecular formula is C23H27N3O7. The Morgan fingerprint density at radius 2 is 1.85 bits per heavy atom. The molecule has 10 nitrogen and oxygen atoms in total. The summed E-state index contributed by atoms with van der Waals surface area (Å²) in [6, 6.07) is 2.49. The smallest absolute Gasteiger partial charge is 0.308 e. The second-order valence-corrected chi connectivity index (χ2v) is 8.20. The van der Waals surface area contributed by atoms with Gasteiger partial charge in [-0.25, -0.2) is 0 Å². The van der Waals surface area contributed by atoms with Gasteiger partial charge in [0.1, 0.15) is 11.6 Å². The van der Waals surface area contributed by atoms with E-state index < -0.39 is 17.4 Å². The van der Waals surface area contributed by atoms with Crippen LogP contribution in [0, 0.1) is 5.92 Å². The summed E-state index contributed by atoms with van der Waals surface area (Å²) in [5.41, 5.74) is 0.150. The second-order valence-electron chi connectivity index (χ2n) is 8.20. The summed E-state index contributed by atoms with van der Waals surface area (Å²) in [7, 11) is 1.35. The van der Waals surface area contributed by atoms with Crippen molar-refractivity contribution >= 4 is 28.7 Å². The topological polar surface area (TPSA) is 116 Å². The van der Waals surface area contributed by atoms with E-state index >= 15 is 0 Å². The van der Waals surface area contributed by atoms with Crippen LogP contribution in [0.3, 0.4) is 0 Å². The van der Waals surface area contributed by atoms with Crippen LogP contribution < -0.4 is 20.2 Å². The molecule has 2 aliphatic rings. The van der Waals surface area contributed by atoms with Crippen molar-refractivity contribution in [2.75, 3.05) is 27.0 Å². The third kappa shape index (κ3) is 4.24. The average molecular weight is 457 g/mol. The van der Waals surface area contributed by atoms with E-state index in [4.69, 9.17) is 14.2 Å². The first kappa shape index (κ1) is 22.6. The molecular weight excluding hydrogens is 430 g/mol. The van der Waals surface area contributed by atoms with Crippen molar-refractivity contribution in [1.29, 1.82) is 0 Å². The van der Waals surface area contributed by atoms with E-state index in [2.05, 4.69) is 5.32 Å². The molecule has 1 N–H and O–H groups in total. The Labute approximate surface area is 190 Å². The highest BCUT2D eigenvalue weighted by molar-refractivity contribution is 6.00. The number of esters is 1. The van der Waals surface area contributed by atoms with Gasteiger partial charge in [-0.15, -0.1) is 0 Å². The van der Waals surface area contributed by atoms with Crippen molar-refractivity contribution in [3.05, 3.63) is 34.1 Å². The lowest BCUT2D eigenvalue weighted by atomic mass is 9.96. The number of aryl methyl sites for hydroxylation is 1. The quantitative estimate of drug-likeness (QED) is 0.673. The molecule has 0 spiro atoms. The highest BCUT2D eigenvalue weighted by Gasteiger charge is 2.31. The van der Waals surface area contributed by atoms with Crippen LogP contribution >= 0.6 is 0 Å². The highest BCUT2D eigenvalue weighted by atomic mass is 16.7. The Morgan fingerprint density at radius 1 is 1.18 bits per heavy atom. The molecule has 2 aromatic rings. The molecule has 1 aromatic carbocycles. The maximum Gasteiger partial charge on any atom is 0.308 e. The van der Waals surface area contributed by atoms with Gasteiger partial charge in [-0.1, -0.05) is 0 Å². The molecule has 1 atom stereocenters. The Kier molecular flexibility index (Phi) is 6.26. The van der Waals surface area contributed by atoms with Gasteiger partial charge < -0.3 is 29.0 Å². The molecule has 1 fully saturated rings. The lowest BCUT2D eigenvalue weighted by Gasteiger charge is -2.32. The van der Waals surface area contributed by atoms with Crippen molar-refractivity contribution in [3.8, 4) is 11.5 Å². The molecule has 1 unspecified atom stereocenters. The highest BCUT2D eigenvalue weighted by Crippen LogP contribution is 2.35. The number of methoxy groups -OCH3 is 1. The standard InChI is InChI=1S/C23H27N3O7/c1-4-25-11-16(20(27)15-9-18-19(10-17(15)25)33-12-32-18)21(28)24-13(2)22(29)26-7-5-14(6-8-26)23(30)31-3/h9-11,13-14H,4-8,12H2,1-3H3,(H,24,28). The van der Waals surface area contributed by atoms with Crippen LogP contribution in [0.1, 0.15) is 37.0 Å². The number of ether oxygens (including phenoxy) is 3. The summed E-state index contributed by atoms with van der Waals surface area (Å²) in [6.45, 7) is 4.91. The number of nitrogens with zero attached hydrogens (tertiary/aromatic N) is 2. The normalized spacial score (nSPS) is 16.5. The number of rotatable bonds is 5. The first-order valence-corrected chi connectivity index (χ1v) is 11.0. The van der Waals surface area contributed by atoms with Gasteiger partial charge in [-0.3, -0.25) is 19.2 Å². The fourth-order valence-electron chi connectivity index (χ4n) is 4.32. The molecule has 1 aromatic heterocycles. The molecule has 0 aliphatic carbocycles. The van der Waals surface area contributed by atoms with E-state index in [9.17, 15) is 19.2 Å². The van der Waals surface area contributed by atoms with Gasteiger partial charge >= 0.3 is 5.97 Å². The average Bonchev–Trinajstić information content (AvgIpc) is 3.30. The third-order valence-electron chi connectivity index (χ3n) is 6.22. The summed E-state index contributed by atoms with van der Waals surface area (Å²) in [4.78, 5) is 52.2. The molecule has 1 saturated heterocycles. The van der Waals surface area contributed by atoms with Crippen molar-refractivity contribution < 1.29 is 28.6 Å². The minimum Gasteiger partial charge on any atom is -0.469 e. The number of hydrogen-bond donors (Lipinski definition) is 1. The van der Waals surface area contributed by atoms with Crippen LogP contribution in [-0.4, -0.2) is 60.3 Å². The maximum atomic E-state index is 13.1. The summed E-state index contributed by atoms with van der Waals surface area (Å²) in [5, 5.41) is 3.00. The van der Waals surface area contributed by atoms with E-state index in [0.717, 1.165) is 0 Å². The fourth-order valence-corrected chi connectivity index (χ4v) is 4.32. The first-order valence-electron chi connectivity index (χ1n) is 11.0. The summed E-state index contributed by atoms with van der Waals surface area (Å²) in [5.74, 6) is -0.353. The number of nitrogens with one attached hydrogen (secondary N) is 1. The van der Waals surface area contributed by atoms with Crippen molar-refractivity contribution in [3.63, 3.8) is 0 Å². The van der Waals surface area contributed by atoms with Crippen LogP contribution in [0.25, 0.3) is 10.9 Å². The number of piperidine rings is 1. The molecule has 33 heavy (non-hydrogen) atoms. The summed E-state index contributed by atoms with van der Waals surface area (Å²) in [6.07, 6.45) is 2.53. The van der Waals surface area contributed by atoms with Crippen molar-refractivity contribution in [2.24, 2.45) is 5.92 Å². The van der Waals surface area contributed by atoms with E-state index in [0.29, 0.717) is 54.9 Å². The van der Waals surface area contributed by atoms with Crippen LogP contribution in [0.4, 0.5) is 0 Å². The predicted octanol–water partition coefficient (Wildman–Crippen LogP) is 1.28. The SMILES string of the molecule is CCn1cc(C(=O)NC(C)C(=O)N2CCC(C(=O)OC)CC2)c(=O)c2cc3c(cc21)OCO3. The zero-order valence-corrected chi connectivity index (χ0v) is 18.9. The maximum absolute atomic E-state index is 13.1. The fraction of sp³-hybridized carbons (Fsp3) is 0.478. The first-order chi connectivity index (χ1) is 15.8. The number of amides is 2. The lowest BCUT2D eigenvalue weighted by Crippen LogP contribution is -2.50. The lowest BCUT2D eigenvalue weighted by molar-refractivity contribution is -0.149. The van der Waals surface area contributed by atoms with Crippen LogP contribution in [0.2, 0.25) is 0 Å². The molecule has 3 heterocycles. The predicted molar refractivity (Wildman–Crippen MR) is 118 cm³/mol. The van der Waals surface area contributed by atoms with E-state index in [-0.39, 0.29) is 30.2 Å². The van der Waals surface area contributed by atoms with Crippen LogP contribution in [-0.2, 0) is 20.9 Å². The monoisotopic (exact) mass is 457 g/mol. The number of carbonyl (C=O) groups is 3. The molecule has 176 valence electrons. The van der Waals surface area contributed by atoms with Gasteiger partial charge in [0.15, 0.2) is 11.5 Å². The number of aromatic nitrogens is 1. The number of hydrogen-bond acceptors (Lipinski definition) is 7. The van der Waals surface area contributed by atoms with Gasteiger partial charge in [0.2, 0.25) is 18.1 Å². The molecule has 0 bridgehead atoms. The largest absolute Gasteiger partial charge is 0.469 e. The number of likely N-dealkylation sites (tertiary alicyclic amines) is 1. The zero-order chi connectivity index (χ0) is 23.7. The van der Waals surface area contributed by atoms with Crippen molar-refractivity contribution in [1.82, 2.24) is 14.8 Å². The van der Waals surface area contributed by atoms with Crippen LogP contribution in [0.15, 0.2) is 23.1 Å². The van der Waals surface area contributed by atoms with Gasteiger partial charge in [-0.05, 0) is 32.8 Å². The Bertz CT molecular complexity index is 1160. The minimum atomic E-state index is -0.825. The number of benzene rings is 1. The number of pyridine rings is 1. The molecule has 10 heteroatoms. The molecule has 0 radical (unpaired) electrons. The van der Waals surface area contributed by atoms with Gasteiger partial charge in [0.25, 0.3) is 5.91 Å². The molecule has 2 aliphatic heterocycles. The summed E-state index contributed by atoms with van der Waals surface area (Å²) < 4.78 is 17.3. The Balaban J connectivity index is 1.51. The number of fused-ring (bicyclic) bond motifs is 2. The number of carbonyl (C=O) groups excluding carboxylic acids is 3. The summed E-state index contributed by atoms with van der Waals surface area (Å²) >= 11 is 0. The Morgan fingerprint density at radius 3 is 2.48 bits per heavy atom. The zero-order valence-electron chi connectivity index (χ0n) is 18.9. The third-order valence-corrected chi connectivity index (χ3v) is 6.22. The molecule has 0 saturated carbocycles. The van der Waals surface area contributed by atoms with Gasteiger partial charge in [0, 0.05) is 31.9 Å². The van der Waals surface area contributed by atoms with E-state index in [1.165, 1.54) is 13.3 Å².